The third kappa shape index (κ3) is 5.63. The number of pyridine rings is 3. The number of aromatic nitrogens is 3. The molecule has 6 nitrogen and oxygen atoms in total. The van der Waals surface area contributed by atoms with Crippen LogP contribution in [0.2, 0.25) is 0 Å². The molecule has 0 fully saturated rings. The van der Waals surface area contributed by atoms with E-state index in [2.05, 4.69) is 31.9 Å². The Bertz CT molecular complexity index is 1100. The molecular weight excluding hydrogens is 364 g/mol. The van der Waals surface area contributed by atoms with Crippen molar-refractivity contribution in [3.63, 3.8) is 0 Å². The highest BCUT2D eigenvalue weighted by molar-refractivity contribution is 5.96. The van der Waals surface area contributed by atoms with Gasteiger partial charge >= 0.3 is 0 Å². The Kier molecular flexibility index (Phi) is 6.54. The minimum atomic E-state index is 0.158. The van der Waals surface area contributed by atoms with Crippen LogP contribution < -0.4 is 4.74 Å². The molecule has 3 aromatic heterocycles. The van der Waals surface area contributed by atoms with E-state index >= 15 is 0 Å². The highest BCUT2D eigenvalue weighted by Gasteiger charge is 2.05. The van der Waals surface area contributed by atoms with Crippen molar-refractivity contribution in [3.05, 3.63) is 71.3 Å². The Morgan fingerprint density at radius 3 is 2.59 bits per heavy atom. The van der Waals surface area contributed by atoms with Gasteiger partial charge in [0.1, 0.15) is 17.2 Å². The van der Waals surface area contributed by atoms with Crippen molar-refractivity contribution in [2.75, 3.05) is 13.7 Å². The van der Waals surface area contributed by atoms with Gasteiger partial charge in [-0.1, -0.05) is 23.2 Å². The van der Waals surface area contributed by atoms with Gasteiger partial charge in [0, 0.05) is 23.5 Å². The van der Waals surface area contributed by atoms with E-state index in [0.717, 1.165) is 34.2 Å². The lowest BCUT2D eigenvalue weighted by atomic mass is 10.2. The summed E-state index contributed by atoms with van der Waals surface area (Å²) < 4.78 is 5.31. The third-order valence-corrected chi connectivity index (χ3v) is 3.99. The summed E-state index contributed by atoms with van der Waals surface area (Å²) in [5.41, 5.74) is 5.40. The molecular formula is C23H22N4O2. The van der Waals surface area contributed by atoms with E-state index in [1.807, 2.05) is 69.3 Å². The number of ether oxygens (including phenoxy) is 1. The molecule has 0 amide bonds. The summed E-state index contributed by atoms with van der Waals surface area (Å²) in [6.45, 7) is 5.86. The zero-order valence-electron chi connectivity index (χ0n) is 16.9. The largest absolute Gasteiger partial charge is 0.497 e. The number of hydrogen-bond acceptors (Lipinski definition) is 6. The first-order valence-electron chi connectivity index (χ1n) is 9.15. The van der Waals surface area contributed by atoms with Crippen molar-refractivity contribution < 1.29 is 9.57 Å². The molecule has 29 heavy (non-hydrogen) atoms. The van der Waals surface area contributed by atoms with Gasteiger partial charge < -0.3 is 9.57 Å². The van der Waals surface area contributed by atoms with Crippen LogP contribution in [0.4, 0.5) is 0 Å². The fourth-order valence-corrected chi connectivity index (χ4v) is 2.61. The molecule has 0 N–H and O–H groups in total. The van der Waals surface area contributed by atoms with Crippen LogP contribution in [0.1, 0.15) is 29.7 Å². The van der Waals surface area contributed by atoms with Gasteiger partial charge in [0.15, 0.2) is 6.61 Å². The molecule has 0 saturated heterocycles. The van der Waals surface area contributed by atoms with Gasteiger partial charge in [0.25, 0.3) is 0 Å². The Morgan fingerprint density at radius 2 is 1.79 bits per heavy atom. The molecule has 0 atom stereocenters. The molecule has 0 aromatic carbocycles. The zero-order chi connectivity index (χ0) is 20.6. The summed E-state index contributed by atoms with van der Waals surface area (Å²) in [5, 5.41) is 4.07. The number of rotatable bonds is 5. The monoisotopic (exact) mass is 386 g/mol. The number of hydrogen-bond donors (Lipinski definition) is 0. The van der Waals surface area contributed by atoms with E-state index in [4.69, 9.17) is 9.57 Å². The Balaban J connectivity index is 1.66. The molecule has 0 aliphatic rings. The number of aryl methyl sites for hydroxylation is 2. The zero-order valence-corrected chi connectivity index (χ0v) is 16.9. The average Bonchev–Trinajstić information content (AvgIpc) is 2.73. The lowest BCUT2D eigenvalue weighted by Crippen LogP contribution is -2.00. The summed E-state index contributed by atoms with van der Waals surface area (Å²) in [4.78, 5) is 18.8. The van der Waals surface area contributed by atoms with E-state index in [0.29, 0.717) is 11.4 Å². The smallest absolute Gasteiger partial charge is 0.177 e. The fraction of sp³-hybridized carbons (Fsp3) is 0.217. The van der Waals surface area contributed by atoms with Crippen LogP contribution in [-0.2, 0) is 4.84 Å². The van der Waals surface area contributed by atoms with Gasteiger partial charge in [0.05, 0.1) is 24.2 Å². The summed E-state index contributed by atoms with van der Waals surface area (Å²) >= 11 is 0. The van der Waals surface area contributed by atoms with E-state index in [1.54, 1.807) is 7.11 Å². The second-order valence-electron chi connectivity index (χ2n) is 6.36. The van der Waals surface area contributed by atoms with Crippen molar-refractivity contribution in [3.8, 4) is 29.0 Å². The molecule has 0 spiro atoms. The average molecular weight is 386 g/mol. The molecule has 0 saturated carbocycles. The van der Waals surface area contributed by atoms with E-state index < -0.39 is 0 Å². The molecule has 0 aliphatic carbocycles. The first kappa shape index (κ1) is 20.0. The molecule has 3 heterocycles. The van der Waals surface area contributed by atoms with Crippen LogP contribution in [-0.4, -0.2) is 34.4 Å². The maximum absolute atomic E-state index is 5.31. The summed E-state index contributed by atoms with van der Waals surface area (Å²) in [6.07, 6.45) is 0. The standard InChI is InChI=1S/C23H22N4O2/c1-16-8-5-11-21(24-16)18(3)27-29-13-7-10-19-9-6-12-22(26-19)23-15-20(28-4)14-17(2)25-23/h5-6,8-9,11-12,14-15H,13H2,1-4H3. The fourth-order valence-electron chi connectivity index (χ4n) is 2.61. The van der Waals surface area contributed by atoms with E-state index in [-0.39, 0.29) is 6.61 Å². The second kappa shape index (κ2) is 9.47. The molecule has 0 aliphatic heterocycles. The minimum absolute atomic E-state index is 0.158. The molecule has 0 unspecified atom stereocenters. The van der Waals surface area contributed by atoms with Crippen molar-refractivity contribution in [1.82, 2.24) is 15.0 Å². The quantitative estimate of drug-likeness (QED) is 0.287. The highest BCUT2D eigenvalue weighted by atomic mass is 16.6. The third-order valence-electron chi connectivity index (χ3n) is 3.99. The maximum Gasteiger partial charge on any atom is 0.177 e. The molecule has 6 heteroatoms. The predicted octanol–water partition coefficient (Wildman–Crippen LogP) is 3.96. The first-order chi connectivity index (χ1) is 14.0. The van der Waals surface area contributed by atoms with Gasteiger partial charge in [0.2, 0.25) is 0 Å². The second-order valence-corrected chi connectivity index (χ2v) is 6.36. The number of nitrogens with zero attached hydrogens (tertiary/aromatic N) is 4. The van der Waals surface area contributed by atoms with Gasteiger partial charge in [-0.3, -0.25) is 9.97 Å². The topological polar surface area (TPSA) is 69.5 Å². The van der Waals surface area contributed by atoms with Crippen molar-refractivity contribution in [1.29, 1.82) is 0 Å². The first-order valence-corrected chi connectivity index (χ1v) is 9.15. The molecule has 3 aromatic rings. The van der Waals surface area contributed by atoms with Gasteiger partial charge in [-0.2, -0.15) is 0 Å². The minimum Gasteiger partial charge on any atom is -0.497 e. The van der Waals surface area contributed by atoms with Crippen LogP contribution in [0.15, 0.2) is 53.7 Å². The SMILES string of the molecule is COc1cc(C)nc(-c2cccc(C#CCON=C(C)c3cccc(C)n3)n2)c1. The van der Waals surface area contributed by atoms with Gasteiger partial charge in [-0.05, 0) is 51.0 Å². The maximum atomic E-state index is 5.31. The molecule has 146 valence electrons. The molecule has 0 bridgehead atoms. The summed E-state index contributed by atoms with van der Waals surface area (Å²) in [7, 11) is 1.63. The number of methoxy groups -OCH3 is 1. The lowest BCUT2D eigenvalue weighted by molar-refractivity contribution is 0.179. The number of oxime groups is 1. The van der Waals surface area contributed by atoms with Crippen LogP contribution >= 0.6 is 0 Å². The van der Waals surface area contributed by atoms with Crippen molar-refractivity contribution >= 4 is 5.71 Å². The van der Waals surface area contributed by atoms with Crippen LogP contribution in [0.25, 0.3) is 11.4 Å². The molecule has 3 rings (SSSR count). The normalized spacial score (nSPS) is 10.8. The highest BCUT2D eigenvalue weighted by Crippen LogP contribution is 2.21. The van der Waals surface area contributed by atoms with E-state index in [1.165, 1.54) is 0 Å². The Hall–Kier alpha value is -3.72. The Morgan fingerprint density at radius 1 is 0.966 bits per heavy atom. The van der Waals surface area contributed by atoms with Crippen LogP contribution in [0, 0.1) is 25.7 Å². The van der Waals surface area contributed by atoms with Crippen LogP contribution in [0.3, 0.4) is 0 Å². The van der Waals surface area contributed by atoms with Crippen molar-refractivity contribution in [2.24, 2.45) is 5.16 Å². The predicted molar refractivity (Wildman–Crippen MR) is 113 cm³/mol. The van der Waals surface area contributed by atoms with Gasteiger partial charge in [-0.15, -0.1) is 0 Å². The van der Waals surface area contributed by atoms with E-state index in [9.17, 15) is 0 Å². The lowest BCUT2D eigenvalue weighted by Gasteiger charge is -2.05. The Labute approximate surface area is 170 Å². The van der Waals surface area contributed by atoms with Crippen LogP contribution in [0.5, 0.6) is 5.75 Å². The molecule has 0 radical (unpaired) electrons. The summed E-state index contributed by atoms with van der Waals surface area (Å²) in [6, 6.07) is 15.1. The van der Waals surface area contributed by atoms with Gasteiger partial charge in [-0.25, -0.2) is 4.98 Å². The van der Waals surface area contributed by atoms with Crippen molar-refractivity contribution in [2.45, 2.75) is 20.8 Å². The summed E-state index contributed by atoms with van der Waals surface area (Å²) in [5.74, 6) is 6.66.